The number of nitrogens with zero attached hydrogens (tertiary/aromatic N) is 3. The molecule has 0 spiro atoms. The second-order valence-corrected chi connectivity index (χ2v) is 8.00. The van der Waals surface area contributed by atoms with Gasteiger partial charge in [0.1, 0.15) is 0 Å². The fourth-order valence-corrected chi connectivity index (χ4v) is 4.22. The van der Waals surface area contributed by atoms with E-state index in [1.165, 1.54) is 16.4 Å². The van der Waals surface area contributed by atoms with Gasteiger partial charge in [0.05, 0.1) is 5.25 Å². The summed E-state index contributed by atoms with van der Waals surface area (Å²) in [5.41, 5.74) is 1.09. The Morgan fingerprint density at radius 1 is 1.24 bits per heavy atom. The summed E-state index contributed by atoms with van der Waals surface area (Å²) in [7, 11) is -3.28. The number of alkyl halides is 3. The third kappa shape index (κ3) is 3.84. The van der Waals surface area contributed by atoms with Crippen LogP contribution >= 0.6 is 0 Å². The van der Waals surface area contributed by atoms with E-state index in [-0.39, 0.29) is 17.6 Å². The molecule has 0 radical (unpaired) electrons. The highest BCUT2D eigenvalue weighted by molar-refractivity contribution is 7.90. The predicted molar refractivity (Wildman–Crippen MR) is 82.8 cm³/mol. The van der Waals surface area contributed by atoms with Crippen LogP contribution in [0.15, 0.2) is 28.8 Å². The van der Waals surface area contributed by atoms with Crippen molar-refractivity contribution in [2.24, 2.45) is 0 Å². The molecule has 0 amide bonds. The Kier molecular flexibility index (Phi) is 4.58. The van der Waals surface area contributed by atoms with Gasteiger partial charge in [0, 0.05) is 18.7 Å². The van der Waals surface area contributed by atoms with Crippen molar-refractivity contribution in [3.63, 3.8) is 0 Å². The lowest BCUT2D eigenvalue weighted by Crippen LogP contribution is -2.33. The monoisotopic (exact) mass is 375 g/mol. The van der Waals surface area contributed by atoms with E-state index in [0.29, 0.717) is 24.9 Å². The maximum Gasteiger partial charge on any atom is 0.471 e. The summed E-state index contributed by atoms with van der Waals surface area (Å²) < 4.78 is 67.7. The molecular formula is C15H16F3N3O3S. The molecule has 0 bridgehead atoms. The highest BCUT2D eigenvalue weighted by atomic mass is 32.2. The largest absolute Gasteiger partial charge is 0.471 e. The molecule has 1 aromatic carbocycles. The smallest absolute Gasteiger partial charge is 0.329 e. The summed E-state index contributed by atoms with van der Waals surface area (Å²) in [6.07, 6.45) is -3.31. The first-order valence-corrected chi connectivity index (χ1v) is 9.21. The SMILES string of the molecule is CCN(Cc1ccc(-c2noc(C(F)(F)F)n2)cc1)S(=O)(=O)C1CC1. The van der Waals surface area contributed by atoms with E-state index in [1.54, 1.807) is 19.1 Å². The molecule has 1 saturated carbocycles. The average Bonchev–Trinajstić information content (AvgIpc) is 3.30. The van der Waals surface area contributed by atoms with Crippen molar-refractivity contribution in [1.82, 2.24) is 14.4 Å². The van der Waals surface area contributed by atoms with Gasteiger partial charge in [-0.2, -0.15) is 22.5 Å². The first-order chi connectivity index (χ1) is 11.7. The van der Waals surface area contributed by atoms with Gasteiger partial charge < -0.3 is 4.52 Å². The first-order valence-electron chi connectivity index (χ1n) is 7.71. The highest BCUT2D eigenvalue weighted by Gasteiger charge is 2.40. The molecule has 1 aromatic heterocycles. The standard InChI is InChI=1S/C15H16F3N3O3S/c1-2-21(25(22,23)12-7-8-12)9-10-3-5-11(6-4-10)13-19-14(24-20-13)15(16,17)18/h3-6,12H,2,7-9H2,1H3. The van der Waals surface area contributed by atoms with Gasteiger partial charge in [-0.3, -0.25) is 0 Å². The Morgan fingerprint density at radius 2 is 1.88 bits per heavy atom. The van der Waals surface area contributed by atoms with E-state index < -0.39 is 22.1 Å². The summed E-state index contributed by atoms with van der Waals surface area (Å²) in [5.74, 6) is -1.57. The zero-order valence-corrected chi connectivity index (χ0v) is 14.1. The maximum atomic E-state index is 12.5. The van der Waals surface area contributed by atoms with E-state index >= 15 is 0 Å². The lowest BCUT2D eigenvalue weighted by atomic mass is 10.1. The predicted octanol–water partition coefficient (Wildman–Crippen LogP) is 3.07. The molecule has 25 heavy (non-hydrogen) atoms. The van der Waals surface area contributed by atoms with Gasteiger partial charge in [-0.1, -0.05) is 36.3 Å². The summed E-state index contributed by atoms with van der Waals surface area (Å²) >= 11 is 0. The van der Waals surface area contributed by atoms with Crippen molar-refractivity contribution >= 4 is 10.0 Å². The topological polar surface area (TPSA) is 76.3 Å². The van der Waals surface area contributed by atoms with E-state index in [9.17, 15) is 21.6 Å². The lowest BCUT2D eigenvalue weighted by molar-refractivity contribution is -0.159. The zero-order valence-electron chi connectivity index (χ0n) is 13.3. The fourth-order valence-electron chi connectivity index (χ4n) is 2.38. The normalized spacial score (nSPS) is 15.7. The number of hydrogen-bond donors (Lipinski definition) is 0. The highest BCUT2D eigenvalue weighted by Crippen LogP contribution is 2.32. The second kappa shape index (κ2) is 6.41. The molecule has 0 unspecified atom stereocenters. The molecule has 0 N–H and O–H groups in total. The van der Waals surface area contributed by atoms with Crippen molar-refractivity contribution in [2.45, 2.75) is 37.7 Å². The van der Waals surface area contributed by atoms with Gasteiger partial charge in [-0.25, -0.2) is 8.42 Å². The van der Waals surface area contributed by atoms with Crippen molar-refractivity contribution in [3.8, 4) is 11.4 Å². The summed E-state index contributed by atoms with van der Waals surface area (Å²) in [6.45, 7) is 2.35. The molecule has 0 aliphatic heterocycles. The molecule has 1 aliphatic carbocycles. The zero-order chi connectivity index (χ0) is 18.2. The number of hydrogen-bond acceptors (Lipinski definition) is 5. The van der Waals surface area contributed by atoms with E-state index in [1.807, 2.05) is 0 Å². The van der Waals surface area contributed by atoms with Crippen LogP contribution in [-0.4, -0.2) is 34.7 Å². The van der Waals surface area contributed by atoms with E-state index in [0.717, 1.165) is 5.56 Å². The van der Waals surface area contributed by atoms with Gasteiger partial charge in [0.15, 0.2) is 0 Å². The number of aromatic nitrogens is 2. The number of halogens is 3. The Balaban J connectivity index is 1.75. The van der Waals surface area contributed by atoms with Crippen LogP contribution in [0.3, 0.4) is 0 Å². The molecule has 136 valence electrons. The molecule has 1 heterocycles. The van der Waals surface area contributed by atoms with Gasteiger partial charge in [0.25, 0.3) is 0 Å². The lowest BCUT2D eigenvalue weighted by Gasteiger charge is -2.20. The van der Waals surface area contributed by atoms with Crippen LogP contribution in [0.2, 0.25) is 0 Å². The third-order valence-electron chi connectivity index (χ3n) is 3.90. The molecule has 6 nitrogen and oxygen atoms in total. The minimum absolute atomic E-state index is 0.170. The Labute approximate surface area is 142 Å². The maximum absolute atomic E-state index is 12.5. The summed E-state index contributed by atoms with van der Waals surface area (Å²) in [5, 5.41) is 3.03. The van der Waals surface area contributed by atoms with E-state index in [2.05, 4.69) is 14.7 Å². The number of rotatable bonds is 6. The summed E-state index contributed by atoms with van der Waals surface area (Å²) in [6, 6.07) is 6.36. The van der Waals surface area contributed by atoms with Crippen LogP contribution in [0.4, 0.5) is 13.2 Å². The average molecular weight is 375 g/mol. The molecule has 0 atom stereocenters. The van der Waals surface area contributed by atoms with Gasteiger partial charge >= 0.3 is 12.1 Å². The fraction of sp³-hybridized carbons (Fsp3) is 0.467. The quantitative estimate of drug-likeness (QED) is 0.776. The Bertz CT molecular complexity index is 843. The molecule has 2 aromatic rings. The molecule has 1 fully saturated rings. The molecule has 0 saturated heterocycles. The second-order valence-electron chi connectivity index (χ2n) is 5.79. The van der Waals surface area contributed by atoms with Gasteiger partial charge in [-0.05, 0) is 18.4 Å². The minimum Gasteiger partial charge on any atom is -0.329 e. The Hall–Kier alpha value is -1.94. The minimum atomic E-state index is -4.69. The van der Waals surface area contributed by atoms with Gasteiger partial charge in [0.2, 0.25) is 15.8 Å². The summed E-state index contributed by atoms with van der Waals surface area (Å²) in [4.78, 5) is 3.32. The van der Waals surface area contributed by atoms with Crippen LogP contribution in [0, 0.1) is 0 Å². The first kappa shape index (κ1) is 17.9. The van der Waals surface area contributed by atoms with Crippen molar-refractivity contribution < 1.29 is 26.1 Å². The third-order valence-corrected chi connectivity index (χ3v) is 6.32. The van der Waals surface area contributed by atoms with Crippen LogP contribution in [-0.2, 0) is 22.7 Å². The molecular weight excluding hydrogens is 359 g/mol. The number of benzene rings is 1. The van der Waals surface area contributed by atoms with Crippen LogP contribution < -0.4 is 0 Å². The molecule has 10 heteroatoms. The van der Waals surface area contributed by atoms with Crippen molar-refractivity contribution in [3.05, 3.63) is 35.7 Å². The van der Waals surface area contributed by atoms with Crippen LogP contribution in [0.5, 0.6) is 0 Å². The molecule has 3 rings (SSSR count). The van der Waals surface area contributed by atoms with Crippen LogP contribution in [0.1, 0.15) is 31.2 Å². The van der Waals surface area contributed by atoms with Crippen LogP contribution in [0.25, 0.3) is 11.4 Å². The number of sulfonamides is 1. The van der Waals surface area contributed by atoms with Crippen molar-refractivity contribution in [1.29, 1.82) is 0 Å². The van der Waals surface area contributed by atoms with Crippen molar-refractivity contribution in [2.75, 3.05) is 6.54 Å². The molecule has 1 aliphatic rings. The van der Waals surface area contributed by atoms with E-state index in [4.69, 9.17) is 0 Å². The Morgan fingerprint density at radius 3 is 2.36 bits per heavy atom. The van der Waals surface area contributed by atoms with Gasteiger partial charge in [-0.15, -0.1) is 0 Å².